The molecule has 0 spiro atoms. The number of methoxy groups -OCH3 is 1. The SMILES string of the molecule is C=C(C)CC1(OC)CCNCC1. The molecule has 0 aromatic carbocycles. The van der Waals surface area contributed by atoms with Crippen LogP contribution in [0.5, 0.6) is 0 Å². The lowest BCUT2D eigenvalue weighted by Gasteiger charge is -2.36. The van der Waals surface area contributed by atoms with Crippen molar-refractivity contribution >= 4 is 0 Å². The molecule has 70 valence electrons. The molecule has 2 nitrogen and oxygen atoms in total. The Labute approximate surface area is 75.0 Å². The summed E-state index contributed by atoms with van der Waals surface area (Å²) in [7, 11) is 1.81. The third-order valence-corrected chi connectivity index (χ3v) is 2.57. The Balaban J connectivity index is 2.53. The van der Waals surface area contributed by atoms with E-state index in [0.29, 0.717) is 0 Å². The van der Waals surface area contributed by atoms with E-state index < -0.39 is 0 Å². The molecule has 0 amide bonds. The molecule has 0 aliphatic carbocycles. The van der Waals surface area contributed by atoms with Crippen LogP contribution in [-0.4, -0.2) is 25.8 Å². The van der Waals surface area contributed by atoms with Crippen molar-refractivity contribution in [2.24, 2.45) is 0 Å². The maximum absolute atomic E-state index is 5.59. The van der Waals surface area contributed by atoms with Crippen LogP contribution in [0.2, 0.25) is 0 Å². The second-order valence-electron chi connectivity index (χ2n) is 3.77. The molecular weight excluding hydrogens is 150 g/mol. The summed E-state index contributed by atoms with van der Waals surface area (Å²) < 4.78 is 5.59. The van der Waals surface area contributed by atoms with Crippen molar-refractivity contribution in [3.8, 4) is 0 Å². The van der Waals surface area contributed by atoms with Gasteiger partial charge in [0.25, 0.3) is 0 Å². The largest absolute Gasteiger partial charge is 0.378 e. The zero-order valence-electron chi connectivity index (χ0n) is 8.15. The molecule has 0 aromatic heterocycles. The predicted octanol–water partition coefficient (Wildman–Crippen LogP) is 1.72. The lowest BCUT2D eigenvalue weighted by Crippen LogP contribution is -2.43. The lowest BCUT2D eigenvalue weighted by molar-refractivity contribution is -0.0331. The Hall–Kier alpha value is -0.340. The second-order valence-corrected chi connectivity index (χ2v) is 3.77. The number of hydrogen-bond donors (Lipinski definition) is 1. The van der Waals surface area contributed by atoms with Crippen molar-refractivity contribution < 1.29 is 4.74 Å². The van der Waals surface area contributed by atoms with Crippen molar-refractivity contribution in [3.05, 3.63) is 12.2 Å². The van der Waals surface area contributed by atoms with Crippen LogP contribution in [0.25, 0.3) is 0 Å². The molecule has 0 saturated carbocycles. The molecule has 1 fully saturated rings. The highest BCUT2D eigenvalue weighted by molar-refractivity contribution is 5.00. The van der Waals surface area contributed by atoms with Crippen molar-refractivity contribution in [2.45, 2.75) is 31.8 Å². The summed E-state index contributed by atoms with van der Waals surface area (Å²) in [4.78, 5) is 0. The molecule has 1 heterocycles. The van der Waals surface area contributed by atoms with Crippen LogP contribution in [0.1, 0.15) is 26.2 Å². The number of ether oxygens (including phenoxy) is 1. The number of hydrogen-bond acceptors (Lipinski definition) is 2. The van der Waals surface area contributed by atoms with E-state index in [0.717, 1.165) is 32.4 Å². The van der Waals surface area contributed by atoms with Gasteiger partial charge in [-0.1, -0.05) is 5.57 Å². The Bertz CT molecular complexity index is 159. The maximum Gasteiger partial charge on any atom is 0.0739 e. The summed E-state index contributed by atoms with van der Waals surface area (Å²) >= 11 is 0. The van der Waals surface area contributed by atoms with Gasteiger partial charge in [0.1, 0.15) is 0 Å². The van der Waals surface area contributed by atoms with E-state index in [1.807, 2.05) is 7.11 Å². The molecule has 1 aliphatic heterocycles. The summed E-state index contributed by atoms with van der Waals surface area (Å²) in [5, 5.41) is 3.34. The average Bonchev–Trinajstić information content (AvgIpc) is 2.05. The van der Waals surface area contributed by atoms with Crippen LogP contribution in [-0.2, 0) is 4.74 Å². The zero-order chi connectivity index (χ0) is 9.03. The van der Waals surface area contributed by atoms with Crippen LogP contribution >= 0.6 is 0 Å². The van der Waals surface area contributed by atoms with Gasteiger partial charge < -0.3 is 10.1 Å². The highest BCUT2D eigenvalue weighted by Gasteiger charge is 2.31. The molecule has 0 aromatic rings. The van der Waals surface area contributed by atoms with Gasteiger partial charge in [0.2, 0.25) is 0 Å². The van der Waals surface area contributed by atoms with Crippen molar-refractivity contribution in [2.75, 3.05) is 20.2 Å². The molecule has 2 heteroatoms. The van der Waals surface area contributed by atoms with Gasteiger partial charge in [-0.2, -0.15) is 0 Å². The molecule has 12 heavy (non-hydrogen) atoms. The minimum absolute atomic E-state index is 0.0804. The van der Waals surface area contributed by atoms with Gasteiger partial charge >= 0.3 is 0 Å². The predicted molar refractivity (Wildman–Crippen MR) is 51.3 cm³/mol. The normalized spacial score (nSPS) is 22.2. The van der Waals surface area contributed by atoms with Crippen LogP contribution in [0, 0.1) is 0 Å². The summed E-state index contributed by atoms with van der Waals surface area (Å²) in [6.45, 7) is 8.16. The standard InChI is InChI=1S/C10H19NO/c1-9(2)8-10(12-3)4-6-11-7-5-10/h11H,1,4-8H2,2-3H3. The van der Waals surface area contributed by atoms with Crippen LogP contribution < -0.4 is 5.32 Å². The average molecular weight is 169 g/mol. The summed E-state index contributed by atoms with van der Waals surface area (Å²) in [5.74, 6) is 0. The Kier molecular flexibility index (Phi) is 3.29. The van der Waals surface area contributed by atoms with Gasteiger partial charge in [-0.15, -0.1) is 6.58 Å². The number of nitrogens with one attached hydrogen (secondary N) is 1. The van der Waals surface area contributed by atoms with E-state index >= 15 is 0 Å². The topological polar surface area (TPSA) is 21.3 Å². The van der Waals surface area contributed by atoms with Gasteiger partial charge in [0.05, 0.1) is 5.60 Å². The number of piperidine rings is 1. The van der Waals surface area contributed by atoms with Crippen LogP contribution in [0.4, 0.5) is 0 Å². The minimum atomic E-state index is 0.0804. The third-order valence-electron chi connectivity index (χ3n) is 2.57. The maximum atomic E-state index is 5.59. The first kappa shape index (κ1) is 9.75. The Morgan fingerprint density at radius 3 is 2.50 bits per heavy atom. The van der Waals surface area contributed by atoms with Gasteiger partial charge in [-0.05, 0) is 39.3 Å². The smallest absolute Gasteiger partial charge is 0.0739 e. The fraction of sp³-hybridized carbons (Fsp3) is 0.800. The van der Waals surface area contributed by atoms with Gasteiger partial charge in [-0.25, -0.2) is 0 Å². The van der Waals surface area contributed by atoms with E-state index in [1.165, 1.54) is 5.57 Å². The van der Waals surface area contributed by atoms with E-state index in [1.54, 1.807) is 0 Å². The highest BCUT2D eigenvalue weighted by atomic mass is 16.5. The first-order chi connectivity index (χ1) is 5.68. The molecule has 1 N–H and O–H groups in total. The minimum Gasteiger partial charge on any atom is -0.378 e. The van der Waals surface area contributed by atoms with E-state index in [2.05, 4.69) is 18.8 Å². The zero-order valence-corrected chi connectivity index (χ0v) is 8.15. The fourth-order valence-electron chi connectivity index (χ4n) is 1.89. The first-order valence-electron chi connectivity index (χ1n) is 4.59. The molecule has 1 aliphatic rings. The molecule has 0 unspecified atom stereocenters. The quantitative estimate of drug-likeness (QED) is 0.649. The van der Waals surface area contributed by atoms with Crippen LogP contribution in [0.3, 0.4) is 0 Å². The second kappa shape index (κ2) is 4.06. The first-order valence-corrected chi connectivity index (χ1v) is 4.59. The summed E-state index contributed by atoms with van der Waals surface area (Å²) in [6, 6.07) is 0. The van der Waals surface area contributed by atoms with Crippen molar-refractivity contribution in [1.82, 2.24) is 5.32 Å². The van der Waals surface area contributed by atoms with Gasteiger partial charge in [0.15, 0.2) is 0 Å². The van der Waals surface area contributed by atoms with E-state index in [4.69, 9.17) is 4.74 Å². The van der Waals surface area contributed by atoms with E-state index in [-0.39, 0.29) is 5.60 Å². The summed E-state index contributed by atoms with van der Waals surface area (Å²) in [5.41, 5.74) is 1.30. The lowest BCUT2D eigenvalue weighted by atomic mass is 9.86. The molecule has 0 bridgehead atoms. The van der Waals surface area contributed by atoms with Crippen molar-refractivity contribution in [3.63, 3.8) is 0 Å². The van der Waals surface area contributed by atoms with Crippen LogP contribution in [0.15, 0.2) is 12.2 Å². The molecule has 1 rings (SSSR count). The molecule has 0 atom stereocenters. The Morgan fingerprint density at radius 1 is 1.50 bits per heavy atom. The monoisotopic (exact) mass is 169 g/mol. The Morgan fingerprint density at radius 2 is 2.08 bits per heavy atom. The third kappa shape index (κ3) is 2.32. The van der Waals surface area contributed by atoms with E-state index in [9.17, 15) is 0 Å². The number of rotatable bonds is 3. The molecule has 1 saturated heterocycles. The molecular formula is C10H19NO. The van der Waals surface area contributed by atoms with Crippen molar-refractivity contribution in [1.29, 1.82) is 0 Å². The van der Waals surface area contributed by atoms with Gasteiger partial charge in [-0.3, -0.25) is 0 Å². The summed E-state index contributed by atoms with van der Waals surface area (Å²) in [6.07, 6.45) is 3.22. The fourth-order valence-corrected chi connectivity index (χ4v) is 1.89. The highest BCUT2D eigenvalue weighted by Crippen LogP contribution is 2.28. The molecule has 0 radical (unpaired) electrons. The van der Waals surface area contributed by atoms with Gasteiger partial charge in [0, 0.05) is 7.11 Å².